The highest BCUT2D eigenvalue weighted by molar-refractivity contribution is 7.92. The predicted octanol–water partition coefficient (Wildman–Crippen LogP) is 2.18. The van der Waals surface area contributed by atoms with E-state index in [1.807, 2.05) is 6.92 Å². The lowest BCUT2D eigenvalue weighted by atomic mass is 10.1. The molecule has 2 aliphatic rings. The molecule has 6 nitrogen and oxygen atoms in total. The van der Waals surface area contributed by atoms with E-state index in [1.54, 1.807) is 16.4 Å². The number of sulfonamides is 2. The molecule has 0 spiro atoms. The summed E-state index contributed by atoms with van der Waals surface area (Å²) >= 11 is 0. The second-order valence-corrected chi connectivity index (χ2v) is 10.5. The van der Waals surface area contributed by atoms with Gasteiger partial charge in [-0.15, -0.1) is 0 Å². The highest BCUT2D eigenvalue weighted by Crippen LogP contribution is 2.28. The van der Waals surface area contributed by atoms with Crippen molar-refractivity contribution in [2.24, 2.45) is 0 Å². The van der Waals surface area contributed by atoms with Gasteiger partial charge in [0.15, 0.2) is 0 Å². The molecule has 0 radical (unpaired) electrons. The summed E-state index contributed by atoms with van der Waals surface area (Å²) in [5.41, 5.74) is 0.542. The van der Waals surface area contributed by atoms with E-state index >= 15 is 0 Å². The van der Waals surface area contributed by atoms with Gasteiger partial charge in [0.05, 0.1) is 16.3 Å². The van der Waals surface area contributed by atoms with Gasteiger partial charge in [0.25, 0.3) is 0 Å². The summed E-state index contributed by atoms with van der Waals surface area (Å²) in [7, 11) is -6.80. The molecule has 2 fully saturated rings. The Balaban J connectivity index is 1.86. The summed E-state index contributed by atoms with van der Waals surface area (Å²) < 4.78 is 52.9. The fraction of sp³-hybridized carbons (Fsp3) is 0.625. The first kappa shape index (κ1) is 17.7. The number of benzene rings is 1. The van der Waals surface area contributed by atoms with Crippen molar-refractivity contribution in [3.63, 3.8) is 0 Å². The highest BCUT2D eigenvalue weighted by atomic mass is 32.2. The minimum atomic E-state index is -3.52. The van der Waals surface area contributed by atoms with E-state index in [2.05, 4.69) is 0 Å². The molecule has 0 bridgehead atoms. The maximum atomic E-state index is 12.8. The summed E-state index contributed by atoms with van der Waals surface area (Å²) in [6, 6.07) is 6.26. The van der Waals surface area contributed by atoms with Crippen molar-refractivity contribution in [3.05, 3.63) is 24.3 Å². The van der Waals surface area contributed by atoms with Gasteiger partial charge in [-0.3, -0.25) is 4.31 Å². The molecule has 2 saturated heterocycles. The Bertz CT molecular complexity index is 788. The monoisotopic (exact) mass is 372 g/mol. The van der Waals surface area contributed by atoms with Gasteiger partial charge in [-0.1, -0.05) is 6.42 Å². The molecule has 3 rings (SSSR count). The quantitative estimate of drug-likeness (QED) is 0.815. The number of anilines is 1. The van der Waals surface area contributed by atoms with Crippen LogP contribution in [0.1, 0.15) is 39.0 Å². The van der Waals surface area contributed by atoms with Gasteiger partial charge in [-0.2, -0.15) is 4.31 Å². The number of hydrogen-bond acceptors (Lipinski definition) is 4. The van der Waals surface area contributed by atoms with E-state index in [0.717, 1.165) is 25.7 Å². The lowest BCUT2D eigenvalue weighted by molar-refractivity contribution is 0.268. The van der Waals surface area contributed by atoms with Gasteiger partial charge in [-0.25, -0.2) is 16.8 Å². The van der Waals surface area contributed by atoms with Crippen molar-refractivity contribution in [2.75, 3.05) is 23.1 Å². The zero-order valence-electron chi connectivity index (χ0n) is 13.9. The Labute approximate surface area is 144 Å². The molecule has 1 aromatic carbocycles. The van der Waals surface area contributed by atoms with Crippen LogP contribution in [0.5, 0.6) is 0 Å². The van der Waals surface area contributed by atoms with Crippen molar-refractivity contribution >= 4 is 25.7 Å². The molecule has 0 aliphatic carbocycles. The molecular formula is C16H24N2O4S2. The molecule has 134 valence electrons. The summed E-state index contributed by atoms with van der Waals surface area (Å²) in [6.07, 6.45) is 4.32. The third-order valence-electron chi connectivity index (χ3n) is 4.82. The summed E-state index contributed by atoms with van der Waals surface area (Å²) in [4.78, 5) is 0.231. The number of rotatable bonds is 3. The molecule has 1 atom stereocenters. The van der Waals surface area contributed by atoms with Crippen molar-refractivity contribution in [2.45, 2.75) is 50.0 Å². The minimum absolute atomic E-state index is 0.00546. The maximum Gasteiger partial charge on any atom is 0.243 e. The van der Waals surface area contributed by atoms with Gasteiger partial charge in [-0.05, 0) is 56.9 Å². The van der Waals surface area contributed by atoms with Crippen LogP contribution in [0.3, 0.4) is 0 Å². The molecule has 1 aromatic rings. The van der Waals surface area contributed by atoms with Crippen LogP contribution in [0.25, 0.3) is 0 Å². The van der Waals surface area contributed by atoms with Gasteiger partial charge in [0.1, 0.15) is 0 Å². The topological polar surface area (TPSA) is 74.8 Å². The van der Waals surface area contributed by atoms with E-state index in [1.165, 1.54) is 16.4 Å². The van der Waals surface area contributed by atoms with Crippen LogP contribution in [0.15, 0.2) is 29.2 Å². The first-order chi connectivity index (χ1) is 11.3. The smallest absolute Gasteiger partial charge is 0.243 e. The first-order valence-electron chi connectivity index (χ1n) is 8.45. The van der Waals surface area contributed by atoms with E-state index in [0.29, 0.717) is 25.2 Å². The highest BCUT2D eigenvalue weighted by Gasteiger charge is 2.31. The molecule has 24 heavy (non-hydrogen) atoms. The third-order valence-corrected chi connectivity index (χ3v) is 8.72. The molecule has 0 N–H and O–H groups in total. The summed E-state index contributed by atoms with van der Waals surface area (Å²) in [5.74, 6) is 0.151. The molecular weight excluding hydrogens is 348 g/mol. The van der Waals surface area contributed by atoms with Crippen LogP contribution in [0, 0.1) is 0 Å². The van der Waals surface area contributed by atoms with Crippen molar-refractivity contribution in [1.29, 1.82) is 0 Å². The normalized spacial score (nSPS) is 25.5. The molecule has 8 heteroatoms. The summed E-state index contributed by atoms with van der Waals surface area (Å²) in [5, 5.41) is 0. The van der Waals surface area contributed by atoms with Crippen LogP contribution >= 0.6 is 0 Å². The van der Waals surface area contributed by atoms with Gasteiger partial charge in [0.2, 0.25) is 20.0 Å². The lowest BCUT2D eigenvalue weighted by Crippen LogP contribution is -2.42. The van der Waals surface area contributed by atoms with Gasteiger partial charge < -0.3 is 0 Å². The molecule has 0 aromatic heterocycles. The molecule has 0 saturated carbocycles. The molecule has 2 aliphatic heterocycles. The number of nitrogens with zero attached hydrogens (tertiary/aromatic N) is 2. The molecule has 0 amide bonds. The zero-order valence-corrected chi connectivity index (χ0v) is 15.5. The van der Waals surface area contributed by atoms with Crippen LogP contribution in [-0.4, -0.2) is 46.0 Å². The Hall–Kier alpha value is -1.12. The fourth-order valence-electron chi connectivity index (χ4n) is 3.43. The van der Waals surface area contributed by atoms with E-state index in [-0.39, 0.29) is 16.7 Å². The first-order valence-corrected chi connectivity index (χ1v) is 11.5. The van der Waals surface area contributed by atoms with Crippen molar-refractivity contribution in [3.8, 4) is 0 Å². The minimum Gasteiger partial charge on any atom is -0.270 e. The lowest BCUT2D eigenvalue weighted by Gasteiger charge is -2.32. The standard InChI is InChI=1S/C16H24N2O4S2/c1-14-6-2-3-11-17(14)24(21,22)16-9-7-15(8-10-16)18-12-4-5-13-23(18,19)20/h7-10,14H,2-6,11-13H2,1H3. The molecule has 2 heterocycles. The van der Waals surface area contributed by atoms with Gasteiger partial charge in [0, 0.05) is 19.1 Å². The van der Waals surface area contributed by atoms with Gasteiger partial charge >= 0.3 is 0 Å². The Morgan fingerprint density at radius 1 is 1.00 bits per heavy atom. The third kappa shape index (κ3) is 3.32. The number of piperidine rings is 1. The Morgan fingerprint density at radius 3 is 2.29 bits per heavy atom. The number of hydrogen-bond donors (Lipinski definition) is 0. The second-order valence-electron chi connectivity index (χ2n) is 6.55. The summed E-state index contributed by atoms with van der Waals surface area (Å²) in [6.45, 7) is 2.94. The van der Waals surface area contributed by atoms with Crippen molar-refractivity contribution in [1.82, 2.24) is 4.31 Å². The largest absolute Gasteiger partial charge is 0.270 e. The van der Waals surface area contributed by atoms with Crippen LogP contribution < -0.4 is 4.31 Å². The fourth-order valence-corrected chi connectivity index (χ4v) is 6.77. The SMILES string of the molecule is CC1CCCCN1S(=O)(=O)c1ccc(N2CCCCS2(=O)=O)cc1. The van der Waals surface area contributed by atoms with Crippen LogP contribution in [-0.2, 0) is 20.0 Å². The average Bonchev–Trinajstić information content (AvgIpc) is 2.55. The van der Waals surface area contributed by atoms with E-state index in [4.69, 9.17) is 0 Å². The maximum absolute atomic E-state index is 12.8. The van der Waals surface area contributed by atoms with Crippen LogP contribution in [0.4, 0.5) is 5.69 Å². The second kappa shape index (κ2) is 6.65. The van der Waals surface area contributed by atoms with Crippen molar-refractivity contribution < 1.29 is 16.8 Å². The predicted molar refractivity (Wildman–Crippen MR) is 94.0 cm³/mol. The molecule has 1 unspecified atom stereocenters. The van der Waals surface area contributed by atoms with E-state index in [9.17, 15) is 16.8 Å². The zero-order chi connectivity index (χ0) is 17.4. The average molecular weight is 373 g/mol. The Kier molecular flexibility index (Phi) is 4.90. The van der Waals surface area contributed by atoms with E-state index < -0.39 is 20.0 Å². The van der Waals surface area contributed by atoms with Crippen LogP contribution in [0.2, 0.25) is 0 Å². The Morgan fingerprint density at radius 2 is 1.67 bits per heavy atom.